The summed E-state index contributed by atoms with van der Waals surface area (Å²) in [5, 5.41) is 18.7. The van der Waals surface area contributed by atoms with Crippen molar-refractivity contribution in [3.8, 4) is 23.0 Å². The summed E-state index contributed by atoms with van der Waals surface area (Å²) in [4.78, 5) is 0. The normalized spacial score (nSPS) is 10.1. The van der Waals surface area contributed by atoms with E-state index in [9.17, 15) is 10.2 Å². The fourth-order valence-corrected chi connectivity index (χ4v) is 1.32. The number of nitrogen functional groups attached to an aromatic ring is 2. The minimum absolute atomic E-state index is 0.00231. The second-order valence-electron chi connectivity index (χ2n) is 3.54. The Bertz CT molecular complexity index is 506. The van der Waals surface area contributed by atoms with Crippen LogP contribution in [0.3, 0.4) is 0 Å². The highest BCUT2D eigenvalue weighted by molar-refractivity contribution is 5.57. The monoisotopic (exact) mass is 232 g/mol. The van der Waals surface area contributed by atoms with E-state index in [1.165, 1.54) is 24.3 Å². The van der Waals surface area contributed by atoms with Crippen molar-refractivity contribution >= 4 is 11.4 Å². The Morgan fingerprint density at radius 3 is 2.06 bits per heavy atom. The van der Waals surface area contributed by atoms with E-state index in [0.717, 1.165) is 0 Å². The number of ether oxygens (including phenoxy) is 1. The van der Waals surface area contributed by atoms with Crippen LogP contribution in [0.5, 0.6) is 23.0 Å². The van der Waals surface area contributed by atoms with Crippen molar-refractivity contribution in [1.82, 2.24) is 0 Å². The summed E-state index contributed by atoms with van der Waals surface area (Å²) in [6.45, 7) is 0. The summed E-state index contributed by atoms with van der Waals surface area (Å²) in [6, 6.07) is 9.05. The quantitative estimate of drug-likeness (QED) is 0.469. The van der Waals surface area contributed by atoms with Gasteiger partial charge in [-0.3, -0.25) is 0 Å². The van der Waals surface area contributed by atoms with Crippen molar-refractivity contribution in [2.24, 2.45) is 0 Å². The molecule has 6 N–H and O–H groups in total. The van der Waals surface area contributed by atoms with E-state index in [0.29, 0.717) is 11.5 Å². The number of hydrogen-bond acceptors (Lipinski definition) is 5. The largest absolute Gasteiger partial charge is 0.506 e. The average molecular weight is 232 g/mol. The first-order valence-electron chi connectivity index (χ1n) is 4.91. The lowest BCUT2D eigenvalue weighted by molar-refractivity contribution is 0.453. The van der Waals surface area contributed by atoms with Crippen LogP contribution in [0.1, 0.15) is 0 Å². The van der Waals surface area contributed by atoms with Gasteiger partial charge in [0.1, 0.15) is 23.0 Å². The summed E-state index contributed by atoms with van der Waals surface area (Å²) in [7, 11) is 0. The fourth-order valence-electron chi connectivity index (χ4n) is 1.32. The summed E-state index contributed by atoms with van der Waals surface area (Å²) >= 11 is 0. The summed E-state index contributed by atoms with van der Waals surface area (Å²) < 4.78 is 5.44. The lowest BCUT2D eigenvalue weighted by atomic mass is 10.2. The molecule has 0 aliphatic heterocycles. The Kier molecular flexibility index (Phi) is 2.66. The molecule has 0 spiro atoms. The topological polar surface area (TPSA) is 102 Å². The van der Waals surface area contributed by atoms with E-state index in [1.54, 1.807) is 12.1 Å². The molecular weight excluding hydrogens is 220 g/mol. The van der Waals surface area contributed by atoms with Crippen molar-refractivity contribution in [1.29, 1.82) is 0 Å². The Labute approximate surface area is 97.9 Å². The Hall–Kier alpha value is -2.56. The maximum Gasteiger partial charge on any atom is 0.142 e. The molecule has 0 aliphatic rings. The number of benzene rings is 2. The Morgan fingerprint density at radius 2 is 1.41 bits per heavy atom. The van der Waals surface area contributed by atoms with Gasteiger partial charge in [-0.2, -0.15) is 0 Å². The first-order valence-corrected chi connectivity index (χ1v) is 4.91. The molecule has 0 saturated carbocycles. The van der Waals surface area contributed by atoms with Crippen molar-refractivity contribution in [3.63, 3.8) is 0 Å². The van der Waals surface area contributed by atoms with Gasteiger partial charge in [-0.05, 0) is 24.3 Å². The predicted octanol–water partition coefficient (Wildman–Crippen LogP) is 2.05. The Morgan fingerprint density at radius 1 is 0.765 bits per heavy atom. The van der Waals surface area contributed by atoms with Gasteiger partial charge in [-0.25, -0.2) is 0 Å². The van der Waals surface area contributed by atoms with Gasteiger partial charge < -0.3 is 26.4 Å². The molecule has 0 heterocycles. The van der Waals surface area contributed by atoms with Crippen LogP contribution < -0.4 is 16.2 Å². The van der Waals surface area contributed by atoms with Crippen LogP contribution >= 0.6 is 0 Å². The highest BCUT2D eigenvalue weighted by Crippen LogP contribution is 2.31. The van der Waals surface area contributed by atoms with Crippen molar-refractivity contribution in [3.05, 3.63) is 36.4 Å². The molecule has 0 atom stereocenters. The van der Waals surface area contributed by atoms with Crippen molar-refractivity contribution in [2.45, 2.75) is 0 Å². The lowest BCUT2D eigenvalue weighted by Gasteiger charge is -2.08. The summed E-state index contributed by atoms with van der Waals surface area (Å²) in [5.74, 6) is 0.845. The van der Waals surface area contributed by atoms with Crippen molar-refractivity contribution in [2.75, 3.05) is 11.5 Å². The first-order chi connectivity index (χ1) is 8.06. The molecule has 2 aromatic carbocycles. The fraction of sp³-hybridized carbons (Fsp3) is 0. The van der Waals surface area contributed by atoms with E-state index in [-0.39, 0.29) is 22.9 Å². The number of anilines is 2. The molecule has 0 bridgehead atoms. The van der Waals surface area contributed by atoms with E-state index in [4.69, 9.17) is 16.2 Å². The molecule has 2 rings (SSSR count). The molecule has 2 aromatic rings. The molecule has 0 unspecified atom stereocenters. The van der Waals surface area contributed by atoms with Crippen LogP contribution in [0, 0.1) is 0 Å². The third-order valence-electron chi connectivity index (χ3n) is 2.24. The van der Waals surface area contributed by atoms with Crippen LogP contribution in [-0.4, -0.2) is 10.2 Å². The van der Waals surface area contributed by atoms with E-state index in [2.05, 4.69) is 0 Å². The molecule has 5 heteroatoms. The van der Waals surface area contributed by atoms with Gasteiger partial charge in [0, 0.05) is 12.1 Å². The van der Waals surface area contributed by atoms with Gasteiger partial charge in [0.25, 0.3) is 0 Å². The van der Waals surface area contributed by atoms with Gasteiger partial charge in [-0.15, -0.1) is 0 Å². The molecule has 88 valence electrons. The van der Waals surface area contributed by atoms with Gasteiger partial charge in [-0.1, -0.05) is 0 Å². The van der Waals surface area contributed by atoms with Gasteiger partial charge >= 0.3 is 0 Å². The number of phenolic OH excluding ortho intramolecular Hbond substituents is 2. The second-order valence-corrected chi connectivity index (χ2v) is 3.54. The molecule has 0 amide bonds. The van der Waals surface area contributed by atoms with Gasteiger partial charge in [0.05, 0.1) is 11.4 Å². The van der Waals surface area contributed by atoms with Crippen LogP contribution in [0.2, 0.25) is 0 Å². The van der Waals surface area contributed by atoms with E-state index < -0.39 is 0 Å². The summed E-state index contributed by atoms with van der Waals surface area (Å²) in [6.07, 6.45) is 0. The number of phenols is 2. The maximum atomic E-state index is 9.41. The highest BCUT2D eigenvalue weighted by Gasteiger charge is 2.03. The van der Waals surface area contributed by atoms with Crippen LogP contribution in [0.25, 0.3) is 0 Å². The van der Waals surface area contributed by atoms with Gasteiger partial charge in [0.2, 0.25) is 0 Å². The van der Waals surface area contributed by atoms with Crippen molar-refractivity contribution < 1.29 is 14.9 Å². The highest BCUT2D eigenvalue weighted by atomic mass is 16.5. The molecule has 0 radical (unpaired) electrons. The molecule has 0 fully saturated rings. The third-order valence-corrected chi connectivity index (χ3v) is 2.24. The lowest BCUT2D eigenvalue weighted by Crippen LogP contribution is -1.90. The maximum absolute atomic E-state index is 9.41. The minimum atomic E-state index is -0.0470. The molecule has 5 nitrogen and oxygen atoms in total. The molecule has 17 heavy (non-hydrogen) atoms. The molecule has 0 aliphatic carbocycles. The van der Waals surface area contributed by atoms with Crippen LogP contribution in [0.15, 0.2) is 36.4 Å². The minimum Gasteiger partial charge on any atom is -0.506 e. The summed E-state index contributed by atoms with van der Waals surface area (Å²) in [5.41, 5.74) is 11.5. The third kappa shape index (κ3) is 2.34. The van der Waals surface area contributed by atoms with E-state index in [1.807, 2.05) is 0 Å². The van der Waals surface area contributed by atoms with Crippen LogP contribution in [-0.2, 0) is 0 Å². The molecule has 0 saturated heterocycles. The predicted molar refractivity (Wildman–Crippen MR) is 65.1 cm³/mol. The second kappa shape index (κ2) is 4.13. The zero-order valence-electron chi connectivity index (χ0n) is 8.92. The zero-order valence-corrected chi connectivity index (χ0v) is 8.92. The first kappa shape index (κ1) is 10.9. The molecule has 0 aromatic heterocycles. The average Bonchev–Trinajstić information content (AvgIpc) is 2.29. The number of nitrogens with two attached hydrogens (primary N) is 2. The number of hydrogen-bond donors (Lipinski definition) is 4. The molecular formula is C12H12N2O3. The SMILES string of the molecule is Nc1cc(Oc2ccc(N)c(O)c2)ccc1O. The van der Waals surface area contributed by atoms with Crippen LogP contribution in [0.4, 0.5) is 11.4 Å². The van der Waals surface area contributed by atoms with E-state index >= 15 is 0 Å². The Balaban J connectivity index is 2.25. The number of aromatic hydroxyl groups is 2. The van der Waals surface area contributed by atoms with Gasteiger partial charge in [0.15, 0.2) is 0 Å². The standard InChI is InChI=1S/C12H12N2O3/c13-9-3-1-8(6-12(9)16)17-7-2-4-11(15)10(14)5-7/h1-6,15-16H,13-14H2. The number of rotatable bonds is 2. The smallest absolute Gasteiger partial charge is 0.142 e. The zero-order chi connectivity index (χ0) is 12.4.